The lowest BCUT2D eigenvalue weighted by Gasteiger charge is -2.17. The highest BCUT2D eigenvalue weighted by atomic mass is 18.2. The lowest BCUT2D eigenvalue weighted by atomic mass is 9.99. The molecular weight excluding hydrogens is 378 g/mol. The third kappa shape index (κ3) is 11.2. The van der Waals surface area contributed by atoms with Gasteiger partial charge in [-0.05, 0) is 25.2 Å². The number of hydrogen-bond donors (Lipinski definition) is 3. The molecule has 0 saturated carbocycles. The molecule has 0 radical (unpaired) electrons. The van der Waals surface area contributed by atoms with E-state index in [1.165, 1.54) is 0 Å². The predicted molar refractivity (Wildman–Crippen MR) is 109 cm³/mol. The van der Waals surface area contributed by atoms with E-state index < -0.39 is 24.5 Å². The van der Waals surface area contributed by atoms with Crippen LogP contribution >= 0.6 is 0 Å². The maximum absolute atomic E-state index is 14.3. The molecule has 0 amide bonds. The van der Waals surface area contributed by atoms with Gasteiger partial charge in [-0.1, -0.05) is 45.6 Å². The van der Waals surface area contributed by atoms with Crippen molar-refractivity contribution in [3.05, 3.63) is 11.6 Å². The fourth-order valence-corrected chi connectivity index (χ4v) is 3.36. The van der Waals surface area contributed by atoms with Gasteiger partial charge in [0, 0.05) is 12.0 Å². The van der Waals surface area contributed by atoms with Crippen molar-refractivity contribution in [2.75, 3.05) is 26.4 Å². The second-order valence-electron chi connectivity index (χ2n) is 8.08. The van der Waals surface area contributed by atoms with Crippen LogP contribution in [0.4, 0.5) is 4.39 Å². The number of alkyl halides is 1. The number of carbonyl (C=O) groups is 1. The molecule has 0 spiro atoms. The molecule has 3 N–H and O–H groups in total. The molecule has 6 nitrogen and oxygen atoms in total. The zero-order valence-corrected chi connectivity index (χ0v) is 17.9. The number of hydrogen-bond acceptors (Lipinski definition) is 6. The number of carbonyl (C=O) groups excluding carboxylic acids is 1. The first-order valence-corrected chi connectivity index (χ1v) is 10.9. The molecule has 0 aromatic heterocycles. The van der Waals surface area contributed by atoms with Crippen molar-refractivity contribution in [3.63, 3.8) is 0 Å². The number of allylic oxidation sites excluding steroid dienone is 1. The molecule has 1 rings (SSSR count). The highest BCUT2D eigenvalue weighted by molar-refractivity contribution is 5.98. The van der Waals surface area contributed by atoms with Gasteiger partial charge in [0.25, 0.3) is 0 Å². The van der Waals surface area contributed by atoms with Crippen LogP contribution in [0, 0.1) is 5.92 Å². The van der Waals surface area contributed by atoms with E-state index >= 15 is 0 Å². The maximum atomic E-state index is 14.3. The number of ether oxygens (including phenoxy) is 2. The first-order valence-electron chi connectivity index (χ1n) is 10.9. The van der Waals surface area contributed by atoms with Crippen LogP contribution in [-0.4, -0.2) is 72.0 Å². The molecule has 0 saturated heterocycles. The Morgan fingerprint density at radius 2 is 1.59 bits per heavy atom. The number of halogens is 1. The monoisotopic (exact) mass is 417 g/mol. The van der Waals surface area contributed by atoms with Gasteiger partial charge in [0.1, 0.15) is 0 Å². The van der Waals surface area contributed by atoms with Crippen LogP contribution in [0.3, 0.4) is 0 Å². The minimum atomic E-state index is -1.62. The quantitative estimate of drug-likeness (QED) is 0.315. The Bertz CT molecular complexity index is 484. The van der Waals surface area contributed by atoms with Crippen LogP contribution in [-0.2, 0) is 14.3 Å². The van der Waals surface area contributed by atoms with Gasteiger partial charge in [-0.25, -0.2) is 4.39 Å². The molecule has 0 aromatic carbocycles. The summed E-state index contributed by atoms with van der Waals surface area (Å²) in [5.74, 6) is -0.175. The third-order valence-corrected chi connectivity index (χ3v) is 5.10. The second-order valence-corrected chi connectivity index (χ2v) is 8.08. The normalized spacial score (nSPS) is 21.1. The zero-order valence-electron chi connectivity index (χ0n) is 17.9. The number of unbranched alkanes of at least 4 members (excludes halogenated alkanes) is 2. The van der Waals surface area contributed by atoms with Crippen LogP contribution in [0.15, 0.2) is 11.6 Å². The summed E-state index contributed by atoms with van der Waals surface area (Å²) in [6.45, 7) is 5.13. The summed E-state index contributed by atoms with van der Waals surface area (Å²) in [6, 6.07) is 0. The summed E-state index contributed by atoms with van der Waals surface area (Å²) >= 11 is 0. The van der Waals surface area contributed by atoms with Gasteiger partial charge in [-0.2, -0.15) is 0 Å². The Kier molecular flexibility index (Phi) is 13.6. The van der Waals surface area contributed by atoms with E-state index in [2.05, 4.69) is 6.92 Å². The third-order valence-electron chi connectivity index (χ3n) is 5.10. The minimum Gasteiger partial charge on any atom is -0.391 e. The number of rotatable bonds is 17. The van der Waals surface area contributed by atoms with Gasteiger partial charge in [0.2, 0.25) is 0 Å². The predicted octanol–water partition coefficient (Wildman–Crippen LogP) is 2.73. The van der Waals surface area contributed by atoms with Crippen molar-refractivity contribution in [1.82, 2.24) is 0 Å². The van der Waals surface area contributed by atoms with Crippen molar-refractivity contribution in [2.45, 2.75) is 89.7 Å². The molecule has 0 bridgehead atoms. The van der Waals surface area contributed by atoms with Crippen LogP contribution in [0.1, 0.15) is 65.2 Å². The summed E-state index contributed by atoms with van der Waals surface area (Å²) in [5.41, 5.74) is 0.110. The molecule has 1 aliphatic carbocycles. The molecule has 0 fully saturated rings. The second kappa shape index (κ2) is 15.0. The van der Waals surface area contributed by atoms with E-state index in [0.717, 1.165) is 19.3 Å². The lowest BCUT2D eigenvalue weighted by molar-refractivity contribution is -0.116. The smallest absolute Gasteiger partial charge is 0.162 e. The average molecular weight is 418 g/mol. The van der Waals surface area contributed by atoms with E-state index in [1.807, 2.05) is 6.92 Å². The number of Topliss-reactive ketones (excluding diaryl/α,β-unsaturated/α-hetero) is 1. The molecule has 29 heavy (non-hydrogen) atoms. The van der Waals surface area contributed by atoms with Crippen molar-refractivity contribution in [2.24, 2.45) is 5.92 Å². The zero-order chi connectivity index (χ0) is 21.6. The summed E-state index contributed by atoms with van der Waals surface area (Å²) < 4.78 is 24.9. The summed E-state index contributed by atoms with van der Waals surface area (Å²) in [5, 5.41) is 29.5. The van der Waals surface area contributed by atoms with Gasteiger partial charge < -0.3 is 24.8 Å². The number of aliphatic hydroxyl groups excluding tert-OH is 3. The minimum absolute atomic E-state index is 0.0367. The Morgan fingerprint density at radius 1 is 1.03 bits per heavy atom. The molecule has 7 heteroatoms. The summed E-state index contributed by atoms with van der Waals surface area (Å²) in [6.07, 6.45) is 2.78. The van der Waals surface area contributed by atoms with Gasteiger partial charge in [-0.3, -0.25) is 4.79 Å². The molecule has 0 aliphatic heterocycles. The molecule has 170 valence electrons. The first kappa shape index (κ1) is 26.2. The highest BCUT2D eigenvalue weighted by Gasteiger charge is 2.31. The largest absolute Gasteiger partial charge is 0.391 e. The lowest BCUT2D eigenvalue weighted by Crippen LogP contribution is -2.26. The fourth-order valence-electron chi connectivity index (χ4n) is 3.36. The molecule has 0 aromatic rings. The Hall–Kier alpha value is -0.860. The molecule has 0 heterocycles. The standard InChI is InChI=1S/C22H39FO6/c1-3-4-7-17(24)14-28-10-11-29-15-18(25)8-5-6-9-20(26)22(23)19-12-16(2)13-21(19)27/h12,16-18,20,22,24-26H,3-11,13-15H2,1-2H3/t16-,17?,18?,20?,22?/m0/s1/i23-1. The Balaban J connectivity index is 2.01. The summed E-state index contributed by atoms with van der Waals surface area (Å²) in [4.78, 5) is 11.7. The van der Waals surface area contributed by atoms with E-state index in [4.69, 9.17) is 9.47 Å². The van der Waals surface area contributed by atoms with Crippen LogP contribution in [0.25, 0.3) is 0 Å². The van der Waals surface area contributed by atoms with E-state index in [-0.39, 0.29) is 30.3 Å². The van der Waals surface area contributed by atoms with Crippen molar-refractivity contribution >= 4 is 5.78 Å². The number of ketones is 1. The van der Waals surface area contributed by atoms with Crippen LogP contribution < -0.4 is 0 Å². The van der Waals surface area contributed by atoms with Gasteiger partial charge >= 0.3 is 0 Å². The Morgan fingerprint density at radius 3 is 2.10 bits per heavy atom. The maximum Gasteiger partial charge on any atom is 0.162 e. The molecule has 4 unspecified atom stereocenters. The average Bonchev–Trinajstić information content (AvgIpc) is 3.03. The first-order chi connectivity index (χ1) is 13.8. The van der Waals surface area contributed by atoms with Gasteiger partial charge in [0.15, 0.2) is 12.0 Å². The Labute approximate surface area is 174 Å². The van der Waals surface area contributed by atoms with Gasteiger partial charge in [0.05, 0.1) is 44.7 Å². The van der Waals surface area contributed by atoms with Crippen LogP contribution in [0.2, 0.25) is 0 Å². The molecule has 1 aliphatic rings. The fraction of sp³-hybridized carbons (Fsp3) is 0.864. The van der Waals surface area contributed by atoms with Crippen molar-refractivity contribution < 1.29 is 34.0 Å². The number of aliphatic hydroxyl groups is 3. The van der Waals surface area contributed by atoms with Crippen molar-refractivity contribution in [1.29, 1.82) is 0 Å². The SMILES string of the molecule is CCCCC(O)COCCOCC(O)CCCCC(O)C([18F])C1=C[C@H](C)CC1=O. The van der Waals surface area contributed by atoms with E-state index in [0.29, 0.717) is 45.5 Å². The van der Waals surface area contributed by atoms with E-state index in [9.17, 15) is 24.5 Å². The summed E-state index contributed by atoms with van der Waals surface area (Å²) in [7, 11) is 0. The molecule has 5 atom stereocenters. The van der Waals surface area contributed by atoms with Crippen LogP contribution in [0.5, 0.6) is 0 Å². The van der Waals surface area contributed by atoms with Crippen molar-refractivity contribution in [3.8, 4) is 0 Å². The van der Waals surface area contributed by atoms with E-state index in [1.54, 1.807) is 6.08 Å². The highest BCUT2D eigenvalue weighted by Crippen LogP contribution is 2.27. The van der Waals surface area contributed by atoms with Gasteiger partial charge in [-0.15, -0.1) is 0 Å². The molecular formula is C22H39FO6. The topological polar surface area (TPSA) is 96.2 Å².